The SMILES string of the molecule is Cc1cccc(OCCCC(=O)N2CCCc3c(-c4cnn(Cc5cccc(NC(=O)NCC(=O)OCCCN(C)C)c5)c4)cccc32)c1C. The van der Waals surface area contributed by atoms with Gasteiger partial charge in [0, 0.05) is 42.6 Å². The second-order valence-corrected chi connectivity index (χ2v) is 12.9. The molecule has 0 saturated carbocycles. The van der Waals surface area contributed by atoms with Crippen molar-refractivity contribution in [3.63, 3.8) is 0 Å². The van der Waals surface area contributed by atoms with Crippen molar-refractivity contribution in [2.75, 3.05) is 57.2 Å². The minimum absolute atomic E-state index is 0.112. The number of carbonyl (C=O) groups is 3. The lowest BCUT2D eigenvalue weighted by molar-refractivity contribution is -0.142. The maximum Gasteiger partial charge on any atom is 0.325 e. The van der Waals surface area contributed by atoms with Crippen molar-refractivity contribution in [1.82, 2.24) is 20.0 Å². The number of anilines is 2. The summed E-state index contributed by atoms with van der Waals surface area (Å²) < 4.78 is 13.0. The Balaban J connectivity index is 1.14. The molecule has 0 unspecified atom stereocenters. The van der Waals surface area contributed by atoms with Gasteiger partial charge in [0.25, 0.3) is 0 Å². The molecule has 1 aromatic heterocycles. The number of fused-ring (bicyclic) bond motifs is 1. The first-order valence-corrected chi connectivity index (χ1v) is 17.3. The quantitative estimate of drug-likeness (QED) is 0.117. The summed E-state index contributed by atoms with van der Waals surface area (Å²) in [7, 11) is 3.91. The molecule has 0 spiro atoms. The van der Waals surface area contributed by atoms with Crippen LogP contribution in [0.4, 0.5) is 16.2 Å². The summed E-state index contributed by atoms with van der Waals surface area (Å²) in [5, 5.41) is 9.95. The molecule has 50 heavy (non-hydrogen) atoms. The van der Waals surface area contributed by atoms with E-state index in [4.69, 9.17) is 9.47 Å². The van der Waals surface area contributed by atoms with Gasteiger partial charge in [0.2, 0.25) is 5.91 Å². The lowest BCUT2D eigenvalue weighted by Crippen LogP contribution is -2.35. The molecule has 3 amide bonds. The van der Waals surface area contributed by atoms with E-state index in [1.165, 1.54) is 5.56 Å². The molecule has 11 nitrogen and oxygen atoms in total. The minimum Gasteiger partial charge on any atom is -0.493 e. The molecule has 2 heterocycles. The molecule has 2 N–H and O–H groups in total. The molecule has 0 atom stereocenters. The Labute approximate surface area is 294 Å². The van der Waals surface area contributed by atoms with Crippen LogP contribution < -0.4 is 20.3 Å². The summed E-state index contributed by atoms with van der Waals surface area (Å²) in [4.78, 5) is 41.7. The summed E-state index contributed by atoms with van der Waals surface area (Å²) >= 11 is 0. The van der Waals surface area contributed by atoms with Gasteiger partial charge in [0.15, 0.2) is 0 Å². The summed E-state index contributed by atoms with van der Waals surface area (Å²) in [6.07, 6.45) is 7.46. The molecule has 5 rings (SSSR count). The Morgan fingerprint density at radius 3 is 2.64 bits per heavy atom. The number of amides is 3. The van der Waals surface area contributed by atoms with Gasteiger partial charge in [0.1, 0.15) is 12.3 Å². The Kier molecular flexibility index (Phi) is 12.6. The maximum atomic E-state index is 13.4. The zero-order valence-electron chi connectivity index (χ0n) is 29.5. The smallest absolute Gasteiger partial charge is 0.325 e. The number of hydrogen-bond donors (Lipinski definition) is 2. The van der Waals surface area contributed by atoms with Crippen LogP contribution >= 0.6 is 0 Å². The average Bonchev–Trinajstić information content (AvgIpc) is 3.57. The van der Waals surface area contributed by atoms with Gasteiger partial charge in [-0.05, 0) is 106 Å². The number of aryl methyl sites for hydroxylation is 1. The van der Waals surface area contributed by atoms with E-state index in [-0.39, 0.29) is 12.5 Å². The monoisotopic (exact) mass is 680 g/mol. The Bertz CT molecular complexity index is 1780. The van der Waals surface area contributed by atoms with E-state index < -0.39 is 12.0 Å². The van der Waals surface area contributed by atoms with Crippen molar-refractivity contribution in [3.8, 4) is 16.9 Å². The van der Waals surface area contributed by atoms with Gasteiger partial charge in [-0.1, -0.05) is 36.4 Å². The molecule has 0 aliphatic carbocycles. The first-order chi connectivity index (χ1) is 24.2. The first-order valence-electron chi connectivity index (χ1n) is 17.3. The first kappa shape index (κ1) is 36.1. The highest BCUT2D eigenvalue weighted by atomic mass is 16.5. The molecule has 0 fully saturated rings. The standard InChI is InChI=1S/C39H48N6O5/c1-28-11-5-17-36(29(28)2)49-21-9-18-37(46)45-20-8-15-34-33(14-7-16-35(34)45)31-24-41-44(27-31)26-30-12-6-13-32(23-30)42-39(48)40-25-38(47)50-22-10-19-43(3)4/h5-7,11-14,16-17,23-24,27H,8-10,15,18-22,25-26H2,1-4H3,(H2,40,42,48). The molecule has 11 heteroatoms. The van der Waals surface area contributed by atoms with Crippen LogP contribution in [0, 0.1) is 13.8 Å². The number of nitrogens with zero attached hydrogens (tertiary/aromatic N) is 4. The van der Waals surface area contributed by atoms with E-state index in [1.54, 1.807) is 6.07 Å². The lowest BCUT2D eigenvalue weighted by atomic mass is 9.93. The average molecular weight is 681 g/mol. The van der Waals surface area contributed by atoms with Gasteiger partial charge >= 0.3 is 12.0 Å². The second-order valence-electron chi connectivity index (χ2n) is 12.9. The molecule has 0 bridgehead atoms. The second kappa shape index (κ2) is 17.5. The van der Waals surface area contributed by atoms with E-state index in [0.29, 0.717) is 44.8 Å². The van der Waals surface area contributed by atoms with Crippen molar-refractivity contribution in [2.45, 2.75) is 52.5 Å². The molecule has 264 valence electrons. The highest BCUT2D eigenvalue weighted by molar-refractivity contribution is 5.96. The topological polar surface area (TPSA) is 118 Å². The molecular formula is C39H48N6O5. The number of aromatic nitrogens is 2. The zero-order chi connectivity index (χ0) is 35.5. The van der Waals surface area contributed by atoms with Crippen molar-refractivity contribution in [3.05, 3.63) is 95.3 Å². The Morgan fingerprint density at radius 1 is 0.980 bits per heavy atom. The fraction of sp³-hybridized carbons (Fsp3) is 0.385. The molecule has 4 aromatic rings. The van der Waals surface area contributed by atoms with Crippen LogP contribution in [-0.4, -0.2) is 79.5 Å². The molecular weight excluding hydrogens is 632 g/mol. The Hall–Kier alpha value is -5.16. The van der Waals surface area contributed by atoms with Crippen LogP contribution in [0.3, 0.4) is 0 Å². The highest BCUT2D eigenvalue weighted by Crippen LogP contribution is 2.36. The van der Waals surface area contributed by atoms with Crippen LogP contribution in [-0.2, 0) is 27.3 Å². The number of benzene rings is 3. The molecule has 3 aromatic carbocycles. The number of hydrogen-bond acceptors (Lipinski definition) is 7. The number of ether oxygens (including phenoxy) is 2. The molecule has 0 radical (unpaired) electrons. The van der Waals surface area contributed by atoms with E-state index in [0.717, 1.165) is 65.1 Å². The largest absolute Gasteiger partial charge is 0.493 e. The number of urea groups is 1. The number of esters is 1. The third kappa shape index (κ3) is 9.94. The Morgan fingerprint density at radius 2 is 1.80 bits per heavy atom. The zero-order valence-corrected chi connectivity index (χ0v) is 29.5. The van der Waals surface area contributed by atoms with Crippen LogP contribution in [0.25, 0.3) is 11.1 Å². The molecule has 0 saturated heterocycles. The van der Waals surface area contributed by atoms with Crippen molar-refractivity contribution < 1.29 is 23.9 Å². The van der Waals surface area contributed by atoms with Gasteiger partial charge in [0.05, 0.1) is 26.0 Å². The summed E-state index contributed by atoms with van der Waals surface area (Å²) in [6, 6.07) is 19.2. The number of nitrogens with one attached hydrogen (secondary N) is 2. The molecule has 1 aliphatic heterocycles. The summed E-state index contributed by atoms with van der Waals surface area (Å²) in [5.41, 5.74) is 8.07. The minimum atomic E-state index is -0.485. The molecule has 1 aliphatic rings. The van der Waals surface area contributed by atoms with Crippen LogP contribution in [0.15, 0.2) is 73.1 Å². The van der Waals surface area contributed by atoms with E-state index >= 15 is 0 Å². The van der Waals surface area contributed by atoms with Crippen molar-refractivity contribution >= 4 is 29.3 Å². The van der Waals surface area contributed by atoms with E-state index in [1.807, 2.05) is 83.4 Å². The lowest BCUT2D eigenvalue weighted by Gasteiger charge is -2.31. The van der Waals surface area contributed by atoms with Crippen molar-refractivity contribution in [1.29, 1.82) is 0 Å². The summed E-state index contributed by atoms with van der Waals surface area (Å²) in [6.45, 7) is 6.75. The van der Waals surface area contributed by atoms with Gasteiger partial charge in [-0.25, -0.2) is 4.79 Å². The fourth-order valence-electron chi connectivity index (χ4n) is 6.04. The summed E-state index contributed by atoms with van der Waals surface area (Å²) in [5.74, 6) is 0.511. The third-order valence-corrected chi connectivity index (χ3v) is 8.78. The van der Waals surface area contributed by atoms with E-state index in [9.17, 15) is 14.4 Å². The predicted molar refractivity (Wildman–Crippen MR) is 196 cm³/mol. The van der Waals surface area contributed by atoms with Gasteiger partial charge in [-0.15, -0.1) is 0 Å². The van der Waals surface area contributed by atoms with Gasteiger partial charge in [-0.3, -0.25) is 14.3 Å². The number of carbonyl (C=O) groups excluding carboxylic acids is 3. The highest BCUT2D eigenvalue weighted by Gasteiger charge is 2.25. The van der Waals surface area contributed by atoms with Crippen molar-refractivity contribution in [2.24, 2.45) is 0 Å². The van der Waals surface area contributed by atoms with Gasteiger partial charge < -0.3 is 29.9 Å². The fourth-order valence-corrected chi connectivity index (χ4v) is 6.04. The third-order valence-electron chi connectivity index (χ3n) is 8.78. The van der Waals surface area contributed by atoms with E-state index in [2.05, 4.69) is 41.7 Å². The number of rotatable bonds is 15. The predicted octanol–water partition coefficient (Wildman–Crippen LogP) is 5.97. The van der Waals surface area contributed by atoms with Crippen LogP contribution in [0.5, 0.6) is 5.75 Å². The van der Waals surface area contributed by atoms with Gasteiger partial charge in [-0.2, -0.15) is 5.10 Å². The van der Waals surface area contributed by atoms with Crippen LogP contribution in [0.1, 0.15) is 47.9 Å². The normalized spacial score (nSPS) is 12.4. The maximum absolute atomic E-state index is 13.4. The van der Waals surface area contributed by atoms with Crippen LogP contribution in [0.2, 0.25) is 0 Å².